The fourth-order valence-electron chi connectivity index (χ4n) is 2.17. The van der Waals surface area contributed by atoms with Crippen LogP contribution in [0, 0.1) is 5.82 Å². The molecule has 0 bridgehead atoms. The Kier molecular flexibility index (Phi) is 4.55. The topological polar surface area (TPSA) is 20.3 Å². The Morgan fingerprint density at radius 2 is 1.90 bits per heavy atom. The zero-order chi connectivity index (χ0) is 14.7. The van der Waals surface area contributed by atoms with E-state index in [4.69, 9.17) is 0 Å². The lowest BCUT2D eigenvalue weighted by atomic mass is 10.1. The second-order valence-corrected chi connectivity index (χ2v) is 5.33. The summed E-state index contributed by atoms with van der Waals surface area (Å²) < 4.78 is 14.8. The van der Waals surface area contributed by atoms with Crippen LogP contribution in [0.3, 0.4) is 0 Å². The molecule has 0 radical (unpaired) electrons. The van der Waals surface area contributed by atoms with Crippen molar-refractivity contribution < 1.29 is 9.18 Å². The van der Waals surface area contributed by atoms with E-state index < -0.39 is 0 Å². The molecule has 0 N–H and O–H groups in total. The summed E-state index contributed by atoms with van der Waals surface area (Å²) in [5, 5.41) is 0. The first-order valence-corrected chi connectivity index (χ1v) is 7.16. The molecule has 2 nitrogen and oxygen atoms in total. The van der Waals surface area contributed by atoms with Crippen LogP contribution >= 0.6 is 15.9 Å². The summed E-state index contributed by atoms with van der Waals surface area (Å²) in [5.41, 5.74) is 1.76. The zero-order valence-corrected chi connectivity index (χ0v) is 12.9. The van der Waals surface area contributed by atoms with Gasteiger partial charge < -0.3 is 4.90 Å². The van der Waals surface area contributed by atoms with Crippen LogP contribution in [0.15, 0.2) is 46.9 Å². The van der Waals surface area contributed by atoms with Gasteiger partial charge in [-0.1, -0.05) is 28.1 Å². The lowest BCUT2D eigenvalue weighted by molar-refractivity contribution is 0.101. The van der Waals surface area contributed by atoms with Gasteiger partial charge in [0.15, 0.2) is 5.78 Å². The fraction of sp³-hybridized carbons (Fsp3) is 0.188. The molecule has 0 aliphatic carbocycles. The second-order valence-electron chi connectivity index (χ2n) is 4.41. The molecule has 104 valence electrons. The predicted molar refractivity (Wildman–Crippen MR) is 83.2 cm³/mol. The van der Waals surface area contributed by atoms with E-state index in [1.165, 1.54) is 13.0 Å². The Morgan fingerprint density at radius 3 is 2.50 bits per heavy atom. The summed E-state index contributed by atoms with van der Waals surface area (Å²) in [5.74, 6) is -0.345. The van der Waals surface area contributed by atoms with Gasteiger partial charge in [-0.3, -0.25) is 4.79 Å². The van der Waals surface area contributed by atoms with Gasteiger partial charge in [0.2, 0.25) is 0 Å². The van der Waals surface area contributed by atoms with Crippen LogP contribution in [0.2, 0.25) is 0 Å². The van der Waals surface area contributed by atoms with E-state index in [1.807, 2.05) is 19.1 Å². The molecular formula is C16H15BrFNO. The molecule has 2 rings (SSSR count). The van der Waals surface area contributed by atoms with Crippen molar-refractivity contribution in [2.45, 2.75) is 13.8 Å². The van der Waals surface area contributed by atoms with Crippen LogP contribution < -0.4 is 4.90 Å². The van der Waals surface area contributed by atoms with Crippen LogP contribution in [0.4, 0.5) is 15.8 Å². The molecule has 0 fully saturated rings. The van der Waals surface area contributed by atoms with Gasteiger partial charge in [0.25, 0.3) is 0 Å². The van der Waals surface area contributed by atoms with Crippen molar-refractivity contribution in [3.63, 3.8) is 0 Å². The molecule has 0 aromatic heterocycles. The van der Waals surface area contributed by atoms with Crippen LogP contribution in [0.25, 0.3) is 0 Å². The number of ketones is 1. The highest BCUT2D eigenvalue weighted by atomic mass is 79.9. The number of halogens is 2. The molecule has 2 aromatic carbocycles. The van der Waals surface area contributed by atoms with Crippen LogP contribution in [-0.2, 0) is 0 Å². The minimum atomic E-state index is -0.299. The van der Waals surface area contributed by atoms with Crippen molar-refractivity contribution in [2.24, 2.45) is 0 Å². The standard InChI is InChI=1S/C16H15BrFNO/c1-3-19(16-7-5-4-6-14(16)18)15-9-8-12(17)10-13(15)11(2)20/h4-10H,3H2,1-2H3. The SMILES string of the molecule is CCN(c1ccccc1F)c1ccc(Br)cc1C(C)=O. The fourth-order valence-corrected chi connectivity index (χ4v) is 2.53. The average Bonchev–Trinajstić information content (AvgIpc) is 2.42. The molecule has 0 unspecified atom stereocenters. The first-order chi connectivity index (χ1) is 9.54. The summed E-state index contributed by atoms with van der Waals surface area (Å²) >= 11 is 3.36. The first-order valence-electron chi connectivity index (χ1n) is 6.37. The number of carbonyl (C=O) groups excluding carboxylic acids is 1. The third kappa shape index (κ3) is 2.90. The van der Waals surface area contributed by atoms with Crippen molar-refractivity contribution in [1.29, 1.82) is 0 Å². The van der Waals surface area contributed by atoms with Gasteiger partial charge in [-0.15, -0.1) is 0 Å². The van der Waals surface area contributed by atoms with Crippen LogP contribution in [-0.4, -0.2) is 12.3 Å². The summed E-state index contributed by atoms with van der Waals surface area (Å²) in [6.45, 7) is 4.02. The molecule has 0 heterocycles. The number of benzene rings is 2. The van der Waals surface area contributed by atoms with E-state index in [0.29, 0.717) is 23.5 Å². The Labute approximate surface area is 126 Å². The smallest absolute Gasteiger partial charge is 0.161 e. The van der Waals surface area contributed by atoms with Gasteiger partial charge in [-0.25, -0.2) is 4.39 Å². The number of hydrogen-bond donors (Lipinski definition) is 0. The minimum absolute atomic E-state index is 0.0453. The molecule has 0 aliphatic rings. The summed E-state index contributed by atoms with van der Waals surface area (Å²) in [7, 11) is 0. The van der Waals surface area contributed by atoms with Crippen molar-refractivity contribution in [3.05, 3.63) is 58.3 Å². The average molecular weight is 336 g/mol. The van der Waals surface area contributed by atoms with Crippen LogP contribution in [0.1, 0.15) is 24.2 Å². The monoisotopic (exact) mass is 335 g/mol. The Bertz CT molecular complexity index is 642. The minimum Gasteiger partial charge on any atom is -0.339 e. The van der Waals surface area contributed by atoms with E-state index in [2.05, 4.69) is 15.9 Å². The van der Waals surface area contributed by atoms with Gasteiger partial charge in [-0.2, -0.15) is 0 Å². The number of nitrogens with zero attached hydrogens (tertiary/aromatic N) is 1. The summed E-state index contributed by atoms with van der Waals surface area (Å²) in [4.78, 5) is 13.6. The highest BCUT2D eigenvalue weighted by Crippen LogP contribution is 2.32. The second kappa shape index (κ2) is 6.18. The zero-order valence-electron chi connectivity index (χ0n) is 11.4. The highest BCUT2D eigenvalue weighted by molar-refractivity contribution is 9.10. The van der Waals surface area contributed by atoms with Crippen molar-refractivity contribution >= 4 is 33.1 Å². The Balaban J connectivity index is 2.58. The molecule has 0 saturated carbocycles. The van der Waals surface area contributed by atoms with E-state index >= 15 is 0 Å². The lowest BCUT2D eigenvalue weighted by Crippen LogP contribution is -2.19. The third-order valence-corrected chi connectivity index (χ3v) is 3.58. The summed E-state index contributed by atoms with van der Waals surface area (Å²) in [6, 6.07) is 12.0. The van der Waals surface area contributed by atoms with Gasteiger partial charge in [0, 0.05) is 16.6 Å². The highest BCUT2D eigenvalue weighted by Gasteiger charge is 2.17. The molecule has 4 heteroatoms. The maximum absolute atomic E-state index is 14.0. The predicted octanol–water partition coefficient (Wildman–Crippen LogP) is 4.95. The molecule has 0 aliphatic heterocycles. The largest absolute Gasteiger partial charge is 0.339 e. The van der Waals surface area contributed by atoms with Crippen molar-refractivity contribution in [1.82, 2.24) is 0 Å². The van der Waals surface area contributed by atoms with E-state index in [-0.39, 0.29) is 11.6 Å². The lowest BCUT2D eigenvalue weighted by Gasteiger charge is -2.25. The van der Waals surface area contributed by atoms with Gasteiger partial charge >= 0.3 is 0 Å². The molecule has 0 saturated heterocycles. The molecular weight excluding hydrogens is 321 g/mol. The first kappa shape index (κ1) is 14.7. The van der Waals surface area contributed by atoms with Crippen molar-refractivity contribution in [3.8, 4) is 0 Å². The van der Waals surface area contributed by atoms with E-state index in [0.717, 1.165) is 4.47 Å². The summed E-state index contributed by atoms with van der Waals surface area (Å²) in [6.07, 6.45) is 0. The number of rotatable bonds is 4. The Morgan fingerprint density at radius 1 is 1.20 bits per heavy atom. The number of anilines is 2. The quantitative estimate of drug-likeness (QED) is 0.737. The number of carbonyl (C=O) groups is 1. The maximum Gasteiger partial charge on any atom is 0.161 e. The molecule has 0 atom stereocenters. The molecule has 0 spiro atoms. The molecule has 0 amide bonds. The van der Waals surface area contributed by atoms with Crippen molar-refractivity contribution in [2.75, 3.05) is 11.4 Å². The van der Waals surface area contributed by atoms with E-state index in [9.17, 15) is 9.18 Å². The normalized spacial score (nSPS) is 10.4. The number of Topliss-reactive ketones (excluding diaryl/α,β-unsaturated/α-hetero) is 1. The number of para-hydroxylation sites is 1. The molecule has 20 heavy (non-hydrogen) atoms. The van der Waals surface area contributed by atoms with Gasteiger partial charge in [-0.05, 0) is 44.2 Å². The number of hydrogen-bond acceptors (Lipinski definition) is 2. The Hall–Kier alpha value is -1.68. The van der Waals surface area contributed by atoms with Gasteiger partial charge in [0.05, 0.1) is 11.4 Å². The van der Waals surface area contributed by atoms with E-state index in [1.54, 1.807) is 29.2 Å². The van der Waals surface area contributed by atoms with Gasteiger partial charge in [0.1, 0.15) is 5.82 Å². The van der Waals surface area contributed by atoms with Crippen LogP contribution in [0.5, 0.6) is 0 Å². The molecule has 2 aromatic rings. The maximum atomic E-state index is 14.0. The third-order valence-electron chi connectivity index (χ3n) is 3.09.